The van der Waals surface area contributed by atoms with Gasteiger partial charge in [0.2, 0.25) is 0 Å². The molecule has 0 spiro atoms. The van der Waals surface area contributed by atoms with E-state index < -0.39 is 0 Å². The molecule has 0 fully saturated rings. The first-order chi connectivity index (χ1) is 4.66. The second-order valence-corrected chi connectivity index (χ2v) is 3.99. The van der Waals surface area contributed by atoms with Gasteiger partial charge in [0.1, 0.15) is 0 Å². The largest absolute Gasteiger partial charge is 0.312 e. The molecule has 0 aromatic rings. The fraction of sp³-hybridized carbons (Fsp3) is 1.00. The van der Waals surface area contributed by atoms with Crippen molar-refractivity contribution in [2.24, 2.45) is 0 Å². The van der Waals surface area contributed by atoms with Crippen LogP contribution in [-0.2, 0) is 0 Å². The average molecular weight is 161 g/mol. The summed E-state index contributed by atoms with van der Waals surface area (Å²) in [5, 5.41) is 3.46. The van der Waals surface area contributed by atoms with E-state index in [0.29, 0.717) is 12.1 Å². The van der Waals surface area contributed by atoms with Gasteiger partial charge in [0.25, 0.3) is 0 Å². The molecule has 0 amide bonds. The van der Waals surface area contributed by atoms with Crippen LogP contribution in [0.2, 0.25) is 0 Å². The molecule has 0 heterocycles. The van der Waals surface area contributed by atoms with Crippen LogP contribution >= 0.6 is 11.8 Å². The third-order valence-corrected chi connectivity index (χ3v) is 2.02. The second-order valence-electron chi connectivity index (χ2n) is 3.00. The van der Waals surface area contributed by atoms with Gasteiger partial charge in [0.15, 0.2) is 0 Å². The van der Waals surface area contributed by atoms with Crippen LogP contribution in [-0.4, -0.2) is 24.1 Å². The Labute approximate surface area is 69.0 Å². The van der Waals surface area contributed by atoms with Crippen molar-refractivity contribution in [3.63, 3.8) is 0 Å². The molecule has 10 heavy (non-hydrogen) atoms. The fourth-order valence-electron chi connectivity index (χ4n) is 0.947. The van der Waals surface area contributed by atoms with Gasteiger partial charge in [-0.25, -0.2) is 0 Å². The molecular formula is C8H19NS. The number of hydrogen-bond acceptors (Lipinski definition) is 2. The highest BCUT2D eigenvalue weighted by Gasteiger charge is 2.01. The minimum atomic E-state index is 0.622. The molecule has 0 radical (unpaired) electrons. The first-order valence-electron chi connectivity index (χ1n) is 3.91. The van der Waals surface area contributed by atoms with Crippen molar-refractivity contribution >= 4 is 11.8 Å². The predicted octanol–water partition coefficient (Wildman–Crippen LogP) is 2.13. The molecule has 0 rings (SSSR count). The fourth-order valence-corrected chi connectivity index (χ4v) is 1.54. The van der Waals surface area contributed by atoms with E-state index in [-0.39, 0.29) is 0 Å². The van der Waals surface area contributed by atoms with Gasteiger partial charge in [0.05, 0.1) is 0 Å². The Morgan fingerprint density at radius 2 is 1.90 bits per heavy atom. The van der Waals surface area contributed by atoms with Crippen molar-refractivity contribution in [1.29, 1.82) is 0 Å². The molecule has 0 aliphatic heterocycles. The van der Waals surface area contributed by atoms with Gasteiger partial charge in [-0.05, 0) is 25.4 Å². The van der Waals surface area contributed by atoms with Gasteiger partial charge in [-0.1, -0.05) is 13.8 Å². The lowest BCUT2D eigenvalue weighted by molar-refractivity contribution is 0.482. The highest BCUT2D eigenvalue weighted by Crippen LogP contribution is 2.00. The number of thioether (sulfide) groups is 1. The average Bonchev–Trinajstić information content (AvgIpc) is 1.82. The van der Waals surface area contributed by atoms with Crippen LogP contribution in [0.15, 0.2) is 0 Å². The van der Waals surface area contributed by atoms with Gasteiger partial charge in [-0.2, -0.15) is 11.8 Å². The van der Waals surface area contributed by atoms with Crippen molar-refractivity contribution in [3.05, 3.63) is 0 Å². The maximum Gasteiger partial charge on any atom is 0.00489 e. The lowest BCUT2D eigenvalue weighted by Crippen LogP contribution is -2.32. The van der Waals surface area contributed by atoms with Crippen LogP contribution in [0.5, 0.6) is 0 Å². The Bertz CT molecular complexity index is 73.7. The molecule has 2 heteroatoms. The number of hydrogen-bond donors (Lipinski definition) is 1. The zero-order chi connectivity index (χ0) is 7.98. The van der Waals surface area contributed by atoms with Crippen molar-refractivity contribution in [1.82, 2.24) is 5.32 Å². The third kappa shape index (κ3) is 6.43. The van der Waals surface area contributed by atoms with Gasteiger partial charge < -0.3 is 5.32 Å². The minimum Gasteiger partial charge on any atom is -0.312 e. The summed E-state index contributed by atoms with van der Waals surface area (Å²) in [5.41, 5.74) is 0. The maximum atomic E-state index is 3.46. The van der Waals surface area contributed by atoms with Crippen LogP contribution < -0.4 is 5.32 Å². The van der Waals surface area contributed by atoms with E-state index in [1.165, 1.54) is 12.2 Å². The third-order valence-electron chi connectivity index (χ3n) is 1.37. The van der Waals surface area contributed by atoms with E-state index in [2.05, 4.69) is 32.3 Å². The molecule has 1 atom stereocenters. The van der Waals surface area contributed by atoms with E-state index in [4.69, 9.17) is 0 Å². The first-order valence-corrected chi connectivity index (χ1v) is 5.31. The molecule has 0 aliphatic carbocycles. The van der Waals surface area contributed by atoms with Crippen LogP contribution in [0.3, 0.4) is 0 Å². The molecule has 0 aliphatic rings. The van der Waals surface area contributed by atoms with Gasteiger partial charge in [-0.15, -0.1) is 0 Å². The number of rotatable bonds is 5. The Morgan fingerprint density at radius 1 is 1.30 bits per heavy atom. The Kier molecular flexibility index (Phi) is 6.24. The van der Waals surface area contributed by atoms with Gasteiger partial charge >= 0.3 is 0 Å². The molecule has 0 bridgehead atoms. The molecule has 0 aromatic carbocycles. The van der Waals surface area contributed by atoms with E-state index in [9.17, 15) is 0 Å². The Hall–Kier alpha value is 0.310. The summed E-state index contributed by atoms with van der Waals surface area (Å²) >= 11 is 1.92. The van der Waals surface area contributed by atoms with Crippen molar-refractivity contribution in [2.75, 3.05) is 12.0 Å². The molecule has 0 saturated carbocycles. The predicted molar refractivity (Wildman–Crippen MR) is 50.7 cm³/mol. The summed E-state index contributed by atoms with van der Waals surface area (Å²) in [7, 11) is 0. The van der Waals surface area contributed by atoms with Gasteiger partial charge in [0, 0.05) is 12.1 Å². The summed E-state index contributed by atoms with van der Waals surface area (Å²) in [5.74, 6) is 1.26. The lowest BCUT2D eigenvalue weighted by Gasteiger charge is -2.15. The van der Waals surface area contributed by atoms with Crippen molar-refractivity contribution < 1.29 is 0 Å². The molecule has 0 aromatic heterocycles. The summed E-state index contributed by atoms with van der Waals surface area (Å²) < 4.78 is 0. The number of nitrogens with one attached hydrogen (secondary N) is 1. The molecule has 1 N–H and O–H groups in total. The second kappa shape index (κ2) is 6.05. The van der Waals surface area contributed by atoms with Crippen LogP contribution in [0.4, 0.5) is 0 Å². The van der Waals surface area contributed by atoms with Crippen LogP contribution in [0.25, 0.3) is 0 Å². The molecule has 0 saturated heterocycles. The normalized spacial score (nSPS) is 14.1. The standard InChI is InChI=1S/C8H19NS/c1-7(2)9-8(3)5-6-10-4/h7-9H,5-6H2,1-4H3. The highest BCUT2D eigenvalue weighted by atomic mass is 32.2. The SMILES string of the molecule is CSCCC(C)NC(C)C. The molecule has 1 unspecified atom stereocenters. The monoisotopic (exact) mass is 161 g/mol. The zero-order valence-corrected chi connectivity index (χ0v) is 8.29. The zero-order valence-electron chi connectivity index (χ0n) is 7.48. The van der Waals surface area contributed by atoms with Crippen LogP contribution in [0.1, 0.15) is 27.2 Å². The first kappa shape index (κ1) is 10.3. The summed E-state index contributed by atoms with van der Waals surface area (Å²) in [6.45, 7) is 6.63. The lowest BCUT2D eigenvalue weighted by atomic mass is 10.2. The Balaban J connectivity index is 3.16. The smallest absolute Gasteiger partial charge is 0.00489 e. The highest BCUT2D eigenvalue weighted by molar-refractivity contribution is 7.98. The molecular weight excluding hydrogens is 142 g/mol. The summed E-state index contributed by atoms with van der Waals surface area (Å²) in [6, 6.07) is 1.30. The minimum absolute atomic E-state index is 0.622. The summed E-state index contributed by atoms with van der Waals surface area (Å²) in [6.07, 6.45) is 3.43. The van der Waals surface area contributed by atoms with E-state index in [0.717, 1.165) is 0 Å². The van der Waals surface area contributed by atoms with E-state index >= 15 is 0 Å². The summed E-state index contributed by atoms with van der Waals surface area (Å²) in [4.78, 5) is 0. The molecule has 1 nitrogen and oxygen atoms in total. The van der Waals surface area contributed by atoms with Crippen molar-refractivity contribution in [2.45, 2.75) is 39.3 Å². The van der Waals surface area contributed by atoms with E-state index in [1.54, 1.807) is 0 Å². The van der Waals surface area contributed by atoms with Crippen molar-refractivity contribution in [3.8, 4) is 0 Å². The quantitative estimate of drug-likeness (QED) is 0.663. The maximum absolute atomic E-state index is 3.46. The Morgan fingerprint density at radius 3 is 2.30 bits per heavy atom. The van der Waals surface area contributed by atoms with Gasteiger partial charge in [-0.3, -0.25) is 0 Å². The van der Waals surface area contributed by atoms with E-state index in [1.807, 2.05) is 11.8 Å². The van der Waals surface area contributed by atoms with Crippen LogP contribution in [0, 0.1) is 0 Å². The molecule has 62 valence electrons. The topological polar surface area (TPSA) is 12.0 Å².